The smallest absolute Gasteiger partial charge is 0.253 e. The van der Waals surface area contributed by atoms with Crippen LogP contribution in [0.25, 0.3) is 0 Å². The van der Waals surface area contributed by atoms with Gasteiger partial charge in [-0.15, -0.1) is 0 Å². The number of nitrogens with one attached hydrogen (secondary N) is 1. The first kappa shape index (κ1) is 13.6. The first-order valence-corrected chi connectivity index (χ1v) is 7.50. The number of carbonyl (C=O) groups excluding carboxylic acids is 1. The Balaban J connectivity index is 1.71. The van der Waals surface area contributed by atoms with Crippen molar-refractivity contribution in [1.82, 2.24) is 10.2 Å². The molecule has 0 aliphatic carbocycles. The second-order valence-corrected chi connectivity index (χ2v) is 5.83. The predicted molar refractivity (Wildman–Crippen MR) is 77.6 cm³/mol. The molecule has 1 aromatic carbocycles. The molecule has 0 aromatic heterocycles. The fraction of sp³-hybridized carbons (Fsp3) is 0.562. The standard InChI is InChI=1S/C16H22N2O2/c19-11-12-4-7-18(8-5-12)16(20)14-2-1-13-3-6-17-10-15(13)9-14/h1-2,9,12,17,19H,3-8,10-11H2. The summed E-state index contributed by atoms with van der Waals surface area (Å²) in [6.45, 7) is 3.66. The number of likely N-dealkylation sites (tertiary alicyclic amines) is 1. The van der Waals surface area contributed by atoms with Crippen LogP contribution in [0.2, 0.25) is 0 Å². The summed E-state index contributed by atoms with van der Waals surface area (Å²) in [5.41, 5.74) is 3.42. The van der Waals surface area contributed by atoms with E-state index in [0.29, 0.717) is 5.92 Å². The fourth-order valence-electron chi connectivity index (χ4n) is 3.11. The van der Waals surface area contributed by atoms with Crippen LogP contribution < -0.4 is 5.32 Å². The van der Waals surface area contributed by atoms with Crippen molar-refractivity contribution in [2.45, 2.75) is 25.8 Å². The minimum absolute atomic E-state index is 0.134. The zero-order valence-electron chi connectivity index (χ0n) is 11.8. The molecule has 108 valence electrons. The summed E-state index contributed by atoms with van der Waals surface area (Å²) in [4.78, 5) is 14.4. The van der Waals surface area contributed by atoms with Crippen molar-refractivity contribution in [3.05, 3.63) is 34.9 Å². The Morgan fingerprint density at radius 2 is 2.10 bits per heavy atom. The molecule has 2 N–H and O–H groups in total. The van der Waals surface area contributed by atoms with Gasteiger partial charge in [-0.3, -0.25) is 4.79 Å². The number of aliphatic hydroxyl groups excluding tert-OH is 1. The Kier molecular flexibility index (Phi) is 4.03. The van der Waals surface area contributed by atoms with Gasteiger partial charge >= 0.3 is 0 Å². The Morgan fingerprint density at radius 1 is 1.30 bits per heavy atom. The maximum Gasteiger partial charge on any atom is 0.253 e. The molecule has 0 saturated carbocycles. The van der Waals surface area contributed by atoms with Crippen molar-refractivity contribution < 1.29 is 9.90 Å². The molecule has 2 aliphatic rings. The molecular formula is C16H22N2O2. The van der Waals surface area contributed by atoms with Gasteiger partial charge < -0.3 is 15.3 Å². The van der Waals surface area contributed by atoms with Gasteiger partial charge in [-0.1, -0.05) is 6.07 Å². The monoisotopic (exact) mass is 274 g/mol. The van der Waals surface area contributed by atoms with E-state index in [4.69, 9.17) is 5.11 Å². The molecule has 0 radical (unpaired) electrons. The third kappa shape index (κ3) is 2.72. The van der Waals surface area contributed by atoms with Crippen molar-refractivity contribution in [1.29, 1.82) is 0 Å². The van der Waals surface area contributed by atoms with Crippen LogP contribution in [0.1, 0.15) is 34.3 Å². The van der Waals surface area contributed by atoms with Gasteiger partial charge in [0.25, 0.3) is 5.91 Å². The zero-order chi connectivity index (χ0) is 13.9. The van der Waals surface area contributed by atoms with Crippen LogP contribution in [0, 0.1) is 5.92 Å². The summed E-state index contributed by atoms with van der Waals surface area (Å²) in [6.07, 6.45) is 2.87. The SMILES string of the molecule is O=C(c1ccc2c(c1)CNCC2)N1CCC(CO)CC1. The molecule has 2 heterocycles. The Labute approximate surface area is 119 Å². The number of benzene rings is 1. The molecule has 3 rings (SSSR count). The minimum Gasteiger partial charge on any atom is -0.396 e. The number of nitrogens with zero attached hydrogens (tertiary/aromatic N) is 1. The summed E-state index contributed by atoms with van der Waals surface area (Å²) in [6, 6.07) is 6.11. The van der Waals surface area contributed by atoms with Crippen molar-refractivity contribution in [3.63, 3.8) is 0 Å². The van der Waals surface area contributed by atoms with E-state index in [9.17, 15) is 4.79 Å². The van der Waals surface area contributed by atoms with Gasteiger partial charge in [0.15, 0.2) is 0 Å². The largest absolute Gasteiger partial charge is 0.396 e. The third-order valence-corrected chi connectivity index (χ3v) is 4.50. The summed E-state index contributed by atoms with van der Waals surface area (Å²) < 4.78 is 0. The molecule has 4 nitrogen and oxygen atoms in total. The maximum absolute atomic E-state index is 12.5. The average molecular weight is 274 g/mol. The number of carbonyl (C=O) groups is 1. The van der Waals surface area contributed by atoms with Crippen molar-refractivity contribution in [2.75, 3.05) is 26.2 Å². The highest BCUT2D eigenvalue weighted by Crippen LogP contribution is 2.21. The molecule has 0 spiro atoms. The van der Waals surface area contributed by atoms with Gasteiger partial charge in [-0.2, -0.15) is 0 Å². The Morgan fingerprint density at radius 3 is 2.85 bits per heavy atom. The van der Waals surface area contributed by atoms with E-state index >= 15 is 0 Å². The number of amides is 1. The van der Waals surface area contributed by atoms with Gasteiger partial charge in [0.1, 0.15) is 0 Å². The molecule has 0 bridgehead atoms. The van der Waals surface area contributed by atoms with Crippen LogP contribution in [0.15, 0.2) is 18.2 Å². The number of fused-ring (bicyclic) bond motifs is 1. The van der Waals surface area contributed by atoms with Crippen LogP contribution in [0.4, 0.5) is 0 Å². The van der Waals surface area contributed by atoms with E-state index in [2.05, 4.69) is 11.4 Å². The highest BCUT2D eigenvalue weighted by atomic mass is 16.3. The molecule has 20 heavy (non-hydrogen) atoms. The number of aliphatic hydroxyl groups is 1. The van der Waals surface area contributed by atoms with Crippen molar-refractivity contribution in [2.24, 2.45) is 5.92 Å². The molecular weight excluding hydrogens is 252 g/mol. The van der Waals surface area contributed by atoms with Crippen LogP contribution in [-0.4, -0.2) is 42.2 Å². The predicted octanol–water partition coefficient (Wildman–Crippen LogP) is 1.18. The zero-order valence-corrected chi connectivity index (χ0v) is 11.8. The van der Waals surface area contributed by atoms with Crippen molar-refractivity contribution in [3.8, 4) is 0 Å². The quantitative estimate of drug-likeness (QED) is 0.851. The number of piperidine rings is 1. The summed E-state index contributed by atoms with van der Waals surface area (Å²) in [5.74, 6) is 0.501. The molecule has 1 amide bonds. The molecule has 4 heteroatoms. The van der Waals surface area contributed by atoms with Crippen molar-refractivity contribution >= 4 is 5.91 Å². The summed E-state index contributed by atoms with van der Waals surface area (Å²) >= 11 is 0. The molecule has 0 unspecified atom stereocenters. The molecule has 0 atom stereocenters. The molecule has 1 fully saturated rings. The van der Waals surface area contributed by atoms with E-state index in [-0.39, 0.29) is 12.5 Å². The minimum atomic E-state index is 0.134. The first-order chi connectivity index (χ1) is 9.78. The van der Waals surface area contributed by atoms with E-state index in [1.54, 1.807) is 0 Å². The van der Waals surface area contributed by atoms with Crippen LogP contribution in [-0.2, 0) is 13.0 Å². The first-order valence-electron chi connectivity index (χ1n) is 7.50. The van der Waals surface area contributed by atoms with Gasteiger partial charge in [0.2, 0.25) is 0 Å². The lowest BCUT2D eigenvalue weighted by Gasteiger charge is -2.31. The highest BCUT2D eigenvalue weighted by Gasteiger charge is 2.23. The topological polar surface area (TPSA) is 52.6 Å². The lowest BCUT2D eigenvalue weighted by Crippen LogP contribution is -2.39. The second kappa shape index (κ2) is 5.94. The van der Waals surface area contributed by atoms with E-state index in [1.165, 1.54) is 11.1 Å². The maximum atomic E-state index is 12.5. The van der Waals surface area contributed by atoms with Crippen LogP contribution in [0.5, 0.6) is 0 Å². The highest BCUT2D eigenvalue weighted by molar-refractivity contribution is 5.94. The van der Waals surface area contributed by atoms with Gasteiger partial charge in [-0.25, -0.2) is 0 Å². The summed E-state index contributed by atoms with van der Waals surface area (Å²) in [7, 11) is 0. The lowest BCUT2D eigenvalue weighted by atomic mass is 9.95. The number of hydrogen-bond acceptors (Lipinski definition) is 3. The molecule has 2 aliphatic heterocycles. The van der Waals surface area contributed by atoms with Gasteiger partial charge in [0, 0.05) is 31.8 Å². The molecule has 1 saturated heterocycles. The Bertz CT molecular complexity index is 493. The van der Waals surface area contributed by atoms with Gasteiger partial charge in [-0.05, 0) is 55.0 Å². The van der Waals surface area contributed by atoms with Crippen LogP contribution in [0.3, 0.4) is 0 Å². The number of hydrogen-bond donors (Lipinski definition) is 2. The third-order valence-electron chi connectivity index (χ3n) is 4.50. The average Bonchev–Trinajstić information content (AvgIpc) is 2.54. The Hall–Kier alpha value is -1.39. The van der Waals surface area contributed by atoms with E-state index in [0.717, 1.165) is 51.0 Å². The van der Waals surface area contributed by atoms with E-state index in [1.807, 2.05) is 17.0 Å². The molecule has 1 aromatic rings. The fourth-order valence-corrected chi connectivity index (χ4v) is 3.11. The lowest BCUT2D eigenvalue weighted by molar-refractivity contribution is 0.0650. The number of rotatable bonds is 2. The normalized spacial score (nSPS) is 19.8. The van der Waals surface area contributed by atoms with E-state index < -0.39 is 0 Å². The second-order valence-electron chi connectivity index (χ2n) is 5.83. The summed E-state index contributed by atoms with van der Waals surface area (Å²) in [5, 5.41) is 12.5. The van der Waals surface area contributed by atoms with Gasteiger partial charge in [0.05, 0.1) is 0 Å². The van der Waals surface area contributed by atoms with Crippen LogP contribution >= 0.6 is 0 Å².